The molecule has 3 nitrogen and oxygen atoms in total. The number of hydrogen-bond donors (Lipinski definition) is 2. The van der Waals surface area contributed by atoms with E-state index in [-0.39, 0.29) is 5.91 Å². The van der Waals surface area contributed by atoms with Gasteiger partial charge in [-0.25, -0.2) is 0 Å². The molecule has 3 N–H and O–H groups in total. The molecule has 0 radical (unpaired) electrons. The van der Waals surface area contributed by atoms with Crippen LogP contribution in [0.5, 0.6) is 0 Å². The Hall–Kier alpha value is -1.65. The molecular weight excluding hydrogens is 268 g/mol. The molecule has 0 fully saturated rings. The lowest BCUT2D eigenvalue weighted by molar-refractivity contribution is -0.124. The molecule has 0 bridgehead atoms. The molecule has 1 aromatic heterocycles. The Morgan fingerprint density at radius 3 is 2.50 bits per heavy atom. The van der Waals surface area contributed by atoms with Crippen LogP contribution in [0.2, 0.25) is 0 Å². The van der Waals surface area contributed by atoms with Crippen molar-refractivity contribution >= 4 is 17.2 Å². The molecule has 1 amide bonds. The van der Waals surface area contributed by atoms with Crippen LogP contribution >= 0.6 is 11.3 Å². The highest BCUT2D eigenvalue weighted by molar-refractivity contribution is 7.09. The molecule has 1 heterocycles. The lowest BCUT2D eigenvalue weighted by atomic mass is 9.90. The maximum absolute atomic E-state index is 11.9. The van der Waals surface area contributed by atoms with Crippen LogP contribution < -0.4 is 11.1 Å². The normalized spacial score (nSPS) is 13.9. The van der Waals surface area contributed by atoms with E-state index in [0.717, 1.165) is 12.0 Å². The molecule has 20 heavy (non-hydrogen) atoms. The van der Waals surface area contributed by atoms with E-state index in [1.165, 1.54) is 10.4 Å². The van der Waals surface area contributed by atoms with E-state index in [1.807, 2.05) is 48.7 Å². The van der Waals surface area contributed by atoms with Gasteiger partial charge in [0.2, 0.25) is 5.91 Å². The number of rotatable bonds is 6. The third-order valence-electron chi connectivity index (χ3n) is 3.63. The molecule has 0 saturated carbocycles. The third-order valence-corrected chi connectivity index (χ3v) is 4.50. The predicted octanol–water partition coefficient (Wildman–Crippen LogP) is 2.80. The molecule has 1 aromatic carbocycles. The van der Waals surface area contributed by atoms with Crippen molar-refractivity contribution in [2.75, 3.05) is 0 Å². The van der Waals surface area contributed by atoms with E-state index in [0.29, 0.717) is 6.54 Å². The Labute approximate surface area is 123 Å². The maximum atomic E-state index is 11.9. The Morgan fingerprint density at radius 2 is 2.00 bits per heavy atom. The smallest absolute Gasteiger partial charge is 0.242 e. The standard InChI is InChI=1S/C16H20N2OS/c1-3-12-6-8-13(9-7-12)16(2,15(17)19)18-11-14-5-4-10-20-14/h4-10,18H,3,11H2,1-2H3,(H2,17,19). The topological polar surface area (TPSA) is 55.1 Å². The fraction of sp³-hybridized carbons (Fsp3) is 0.312. The Morgan fingerprint density at radius 1 is 1.30 bits per heavy atom. The maximum Gasteiger partial charge on any atom is 0.242 e. The molecule has 0 aliphatic heterocycles. The van der Waals surface area contributed by atoms with E-state index in [2.05, 4.69) is 12.2 Å². The van der Waals surface area contributed by atoms with Crippen molar-refractivity contribution in [3.8, 4) is 0 Å². The molecule has 4 heteroatoms. The first-order valence-electron chi connectivity index (χ1n) is 6.73. The summed E-state index contributed by atoms with van der Waals surface area (Å²) in [4.78, 5) is 13.1. The van der Waals surface area contributed by atoms with Crippen LogP contribution in [-0.4, -0.2) is 5.91 Å². The highest BCUT2D eigenvalue weighted by Crippen LogP contribution is 2.22. The summed E-state index contributed by atoms with van der Waals surface area (Å²) in [6.07, 6.45) is 0.982. The van der Waals surface area contributed by atoms with Crippen LogP contribution in [-0.2, 0) is 23.3 Å². The molecule has 2 aromatic rings. The van der Waals surface area contributed by atoms with Gasteiger partial charge in [-0.2, -0.15) is 0 Å². The van der Waals surface area contributed by atoms with Gasteiger partial charge in [0, 0.05) is 11.4 Å². The van der Waals surface area contributed by atoms with Gasteiger partial charge in [0.15, 0.2) is 0 Å². The van der Waals surface area contributed by atoms with Crippen LogP contribution in [0.15, 0.2) is 41.8 Å². The zero-order chi connectivity index (χ0) is 14.6. The van der Waals surface area contributed by atoms with Crippen molar-refractivity contribution in [2.24, 2.45) is 5.73 Å². The quantitative estimate of drug-likeness (QED) is 0.859. The largest absolute Gasteiger partial charge is 0.368 e. The number of hydrogen-bond acceptors (Lipinski definition) is 3. The van der Waals surface area contributed by atoms with Crippen molar-refractivity contribution in [3.63, 3.8) is 0 Å². The molecule has 0 aliphatic rings. The molecule has 1 unspecified atom stereocenters. The van der Waals surface area contributed by atoms with Crippen LogP contribution in [0.1, 0.15) is 29.9 Å². The van der Waals surface area contributed by atoms with Crippen molar-refractivity contribution < 1.29 is 4.79 Å². The second-order valence-corrected chi connectivity index (χ2v) is 6.00. The summed E-state index contributed by atoms with van der Waals surface area (Å²) >= 11 is 1.66. The summed E-state index contributed by atoms with van der Waals surface area (Å²) in [5.74, 6) is -0.363. The van der Waals surface area contributed by atoms with Crippen LogP contribution in [0.4, 0.5) is 0 Å². The Balaban J connectivity index is 2.21. The lowest BCUT2D eigenvalue weighted by Gasteiger charge is -2.28. The monoisotopic (exact) mass is 288 g/mol. The van der Waals surface area contributed by atoms with Gasteiger partial charge in [-0.05, 0) is 35.9 Å². The number of aryl methyl sites for hydroxylation is 1. The second-order valence-electron chi connectivity index (χ2n) is 4.97. The van der Waals surface area contributed by atoms with Gasteiger partial charge < -0.3 is 5.73 Å². The van der Waals surface area contributed by atoms with Gasteiger partial charge in [0.1, 0.15) is 5.54 Å². The summed E-state index contributed by atoms with van der Waals surface area (Å²) in [6, 6.07) is 12.1. The first-order valence-corrected chi connectivity index (χ1v) is 7.61. The summed E-state index contributed by atoms with van der Waals surface area (Å²) in [7, 11) is 0. The molecule has 0 aliphatic carbocycles. The van der Waals surface area contributed by atoms with Gasteiger partial charge in [-0.15, -0.1) is 11.3 Å². The Kier molecular flexibility index (Phi) is 4.57. The Bertz CT molecular complexity index is 563. The minimum Gasteiger partial charge on any atom is -0.368 e. The van der Waals surface area contributed by atoms with Gasteiger partial charge in [-0.3, -0.25) is 10.1 Å². The highest BCUT2D eigenvalue weighted by atomic mass is 32.1. The number of amides is 1. The lowest BCUT2D eigenvalue weighted by Crippen LogP contribution is -2.49. The SMILES string of the molecule is CCc1ccc(C(C)(NCc2cccs2)C(N)=O)cc1. The van der Waals surface area contributed by atoms with Gasteiger partial charge >= 0.3 is 0 Å². The molecule has 2 rings (SSSR count). The average Bonchev–Trinajstić information content (AvgIpc) is 2.98. The van der Waals surface area contributed by atoms with E-state index >= 15 is 0 Å². The van der Waals surface area contributed by atoms with E-state index in [4.69, 9.17) is 5.73 Å². The second kappa shape index (κ2) is 6.20. The molecule has 0 spiro atoms. The number of benzene rings is 1. The van der Waals surface area contributed by atoms with Crippen molar-refractivity contribution in [2.45, 2.75) is 32.4 Å². The fourth-order valence-electron chi connectivity index (χ4n) is 2.08. The van der Waals surface area contributed by atoms with Gasteiger partial charge in [0.25, 0.3) is 0 Å². The number of carbonyl (C=O) groups excluding carboxylic acids is 1. The summed E-state index contributed by atoms with van der Waals surface area (Å²) in [5.41, 5.74) is 6.91. The van der Waals surface area contributed by atoms with Crippen LogP contribution in [0.3, 0.4) is 0 Å². The first-order chi connectivity index (χ1) is 9.56. The van der Waals surface area contributed by atoms with Crippen LogP contribution in [0.25, 0.3) is 0 Å². The third kappa shape index (κ3) is 3.08. The number of nitrogens with two attached hydrogens (primary N) is 1. The number of carbonyl (C=O) groups is 1. The van der Waals surface area contributed by atoms with Crippen molar-refractivity contribution in [1.29, 1.82) is 0 Å². The van der Waals surface area contributed by atoms with E-state index in [9.17, 15) is 4.79 Å². The zero-order valence-corrected chi connectivity index (χ0v) is 12.7. The van der Waals surface area contributed by atoms with Gasteiger partial charge in [-0.1, -0.05) is 37.3 Å². The van der Waals surface area contributed by atoms with Gasteiger partial charge in [0.05, 0.1) is 0 Å². The number of thiophene rings is 1. The predicted molar refractivity (Wildman–Crippen MR) is 83.5 cm³/mol. The summed E-state index contributed by atoms with van der Waals surface area (Å²) < 4.78 is 0. The minimum atomic E-state index is -0.851. The molecule has 106 valence electrons. The van der Waals surface area contributed by atoms with E-state index in [1.54, 1.807) is 11.3 Å². The minimum absolute atomic E-state index is 0.363. The highest BCUT2D eigenvalue weighted by Gasteiger charge is 2.32. The summed E-state index contributed by atoms with van der Waals surface area (Å²) in [5, 5.41) is 5.31. The van der Waals surface area contributed by atoms with Crippen LogP contribution in [0, 0.1) is 0 Å². The molecular formula is C16H20N2OS. The zero-order valence-electron chi connectivity index (χ0n) is 11.8. The molecule has 1 atom stereocenters. The molecule has 0 saturated heterocycles. The van der Waals surface area contributed by atoms with Crippen molar-refractivity contribution in [3.05, 3.63) is 57.8 Å². The number of nitrogens with one attached hydrogen (secondary N) is 1. The fourth-order valence-corrected chi connectivity index (χ4v) is 2.73. The number of primary amides is 1. The average molecular weight is 288 g/mol. The first kappa shape index (κ1) is 14.8. The van der Waals surface area contributed by atoms with Crippen molar-refractivity contribution in [1.82, 2.24) is 5.32 Å². The van der Waals surface area contributed by atoms with E-state index < -0.39 is 5.54 Å². The summed E-state index contributed by atoms with van der Waals surface area (Å²) in [6.45, 7) is 4.58.